The summed E-state index contributed by atoms with van der Waals surface area (Å²) in [7, 11) is 0. The van der Waals surface area contributed by atoms with Crippen LogP contribution in [0.5, 0.6) is 0 Å². The van der Waals surface area contributed by atoms with Gasteiger partial charge in [0.1, 0.15) is 5.92 Å². The van der Waals surface area contributed by atoms with Crippen LogP contribution in [-0.2, 0) is 20.8 Å². The number of carbonyl (C=O) groups is 3. The molecule has 1 unspecified atom stereocenters. The fraction of sp³-hybridized carbons (Fsp3) is 0.231. The quantitative estimate of drug-likeness (QED) is 0.342. The van der Waals surface area contributed by atoms with Gasteiger partial charge in [-0.15, -0.1) is 0 Å². The zero-order chi connectivity index (χ0) is 13.1. The van der Waals surface area contributed by atoms with Crippen LogP contribution in [0.2, 0.25) is 0 Å². The number of benzene rings is 1. The van der Waals surface area contributed by atoms with Crippen LogP contribution in [0, 0.1) is 5.92 Å². The van der Waals surface area contributed by atoms with E-state index in [1.807, 2.05) is 0 Å². The highest BCUT2D eigenvalue weighted by molar-refractivity contribution is 7.66. The Hall–Kier alpha value is -1.88. The second-order valence-corrected chi connectivity index (χ2v) is 4.69. The normalized spacial score (nSPS) is 19.8. The van der Waals surface area contributed by atoms with Crippen LogP contribution in [-0.4, -0.2) is 26.4 Å². The van der Waals surface area contributed by atoms with Gasteiger partial charge in [0.05, 0.1) is 11.3 Å². The summed E-state index contributed by atoms with van der Waals surface area (Å²) in [6.07, 6.45) is 0.240. The highest BCUT2D eigenvalue weighted by Crippen LogP contribution is 2.20. The first kappa shape index (κ1) is 12.6. The maximum absolute atomic E-state index is 12.2. The van der Waals surface area contributed by atoms with Crippen LogP contribution in [0.15, 0.2) is 30.3 Å². The molecule has 4 nitrogen and oxygen atoms in total. The van der Waals surface area contributed by atoms with Crippen molar-refractivity contribution >= 4 is 33.5 Å². The van der Waals surface area contributed by atoms with Crippen molar-refractivity contribution in [3.63, 3.8) is 0 Å². The van der Waals surface area contributed by atoms with Crippen molar-refractivity contribution in [3.8, 4) is 0 Å². The van der Waals surface area contributed by atoms with E-state index in [1.54, 1.807) is 30.3 Å². The highest BCUT2D eigenvalue weighted by atomic mass is 32.1. The number of hydrogen-bond acceptors (Lipinski definition) is 4. The zero-order valence-corrected chi connectivity index (χ0v) is 10.2. The first-order chi connectivity index (χ1) is 8.65. The highest BCUT2D eigenvalue weighted by Gasteiger charge is 2.39. The van der Waals surface area contributed by atoms with Crippen molar-refractivity contribution in [1.29, 1.82) is 0 Å². The third-order valence-corrected chi connectivity index (χ3v) is 3.54. The van der Waals surface area contributed by atoms with E-state index in [0.717, 1.165) is 0 Å². The molecule has 1 aromatic rings. The van der Waals surface area contributed by atoms with Gasteiger partial charge in [-0.2, -0.15) is 0 Å². The van der Waals surface area contributed by atoms with E-state index in [2.05, 4.69) is 0 Å². The lowest BCUT2D eigenvalue weighted by atomic mass is 9.82. The number of carbonyl (C=O) groups excluding carboxylic acids is 3. The number of ketones is 3. The summed E-state index contributed by atoms with van der Waals surface area (Å²) in [5.41, 5.74) is 0.345. The molecule has 0 aromatic heterocycles. The van der Waals surface area contributed by atoms with E-state index in [-0.39, 0.29) is 29.0 Å². The molecule has 2 rings (SSSR count). The Kier molecular flexibility index (Phi) is 3.62. The van der Waals surface area contributed by atoms with Crippen molar-refractivity contribution in [2.45, 2.75) is 12.8 Å². The number of hydrogen-bond donors (Lipinski definition) is 0. The molecule has 1 saturated carbocycles. The molecule has 1 atom stereocenters. The van der Waals surface area contributed by atoms with Gasteiger partial charge in [0.25, 0.3) is 0 Å². The zero-order valence-electron chi connectivity index (χ0n) is 9.42. The van der Waals surface area contributed by atoms with Crippen molar-refractivity contribution < 1.29 is 18.6 Å². The van der Waals surface area contributed by atoms with Crippen molar-refractivity contribution in [1.82, 2.24) is 0 Å². The third-order valence-electron chi connectivity index (χ3n) is 2.88. The topological polar surface area (TPSA) is 68.3 Å². The third kappa shape index (κ3) is 2.22. The molecule has 18 heavy (non-hydrogen) atoms. The van der Waals surface area contributed by atoms with Gasteiger partial charge in [0.15, 0.2) is 11.6 Å². The SMILES string of the molecule is O=S=C1CCC(=O)C(=O)C1C(=O)c1ccccc1. The van der Waals surface area contributed by atoms with Crippen LogP contribution < -0.4 is 0 Å². The van der Waals surface area contributed by atoms with E-state index in [9.17, 15) is 18.6 Å². The summed E-state index contributed by atoms with van der Waals surface area (Å²) in [5.74, 6) is -2.99. The Bertz CT molecular complexity index is 570. The second-order valence-electron chi connectivity index (χ2n) is 4.00. The monoisotopic (exact) mass is 262 g/mol. The van der Waals surface area contributed by atoms with E-state index in [0.29, 0.717) is 5.56 Å². The molecule has 1 aromatic carbocycles. The summed E-state index contributed by atoms with van der Waals surface area (Å²) in [4.78, 5) is 35.6. The maximum Gasteiger partial charge on any atom is 0.214 e. The van der Waals surface area contributed by atoms with Gasteiger partial charge in [-0.05, 0) is 6.42 Å². The lowest BCUT2D eigenvalue weighted by Crippen LogP contribution is -2.40. The summed E-state index contributed by atoms with van der Waals surface area (Å²) >= 11 is 0.155. The molecule has 1 fully saturated rings. The molecule has 0 amide bonds. The summed E-state index contributed by atoms with van der Waals surface area (Å²) < 4.78 is 10.9. The smallest absolute Gasteiger partial charge is 0.214 e. The van der Waals surface area contributed by atoms with E-state index < -0.39 is 23.3 Å². The van der Waals surface area contributed by atoms with Crippen LogP contribution >= 0.6 is 0 Å². The fourth-order valence-corrected chi connectivity index (χ4v) is 2.43. The first-order valence-corrected chi connectivity index (χ1v) is 6.21. The van der Waals surface area contributed by atoms with Crippen molar-refractivity contribution in [3.05, 3.63) is 35.9 Å². The van der Waals surface area contributed by atoms with Gasteiger partial charge in [0.2, 0.25) is 5.78 Å². The van der Waals surface area contributed by atoms with Gasteiger partial charge in [-0.25, -0.2) is 4.21 Å². The first-order valence-electron chi connectivity index (χ1n) is 5.47. The molecule has 0 saturated heterocycles. The van der Waals surface area contributed by atoms with Gasteiger partial charge >= 0.3 is 0 Å². The Morgan fingerprint density at radius 2 is 1.78 bits per heavy atom. The molecule has 0 spiro atoms. The molecule has 5 heteroatoms. The van der Waals surface area contributed by atoms with E-state index in [1.165, 1.54) is 0 Å². The summed E-state index contributed by atoms with van der Waals surface area (Å²) in [5, 5.41) is 0. The average molecular weight is 262 g/mol. The second kappa shape index (κ2) is 5.18. The van der Waals surface area contributed by atoms with Crippen LogP contribution in [0.3, 0.4) is 0 Å². The Morgan fingerprint density at radius 3 is 2.39 bits per heavy atom. The molecule has 1 aliphatic carbocycles. The Balaban J connectivity index is 2.41. The van der Waals surface area contributed by atoms with Crippen LogP contribution in [0.25, 0.3) is 0 Å². The lowest BCUT2D eigenvalue weighted by Gasteiger charge is -2.19. The standard InChI is InChI=1S/C13H10O4S/c14-9-6-7-10(18-17)11(13(9)16)12(15)8-4-2-1-3-5-8/h1-5,11H,6-7H2. The predicted molar refractivity (Wildman–Crippen MR) is 66.7 cm³/mol. The number of Topliss-reactive ketones (excluding diaryl/α,β-unsaturated/α-hetero) is 3. The summed E-state index contributed by atoms with van der Waals surface area (Å²) in [6.45, 7) is 0. The van der Waals surface area contributed by atoms with Gasteiger partial charge < -0.3 is 0 Å². The van der Waals surface area contributed by atoms with Crippen LogP contribution in [0.1, 0.15) is 23.2 Å². The molecular formula is C13H10O4S. The van der Waals surface area contributed by atoms with Crippen molar-refractivity contribution in [2.75, 3.05) is 0 Å². The molecule has 0 N–H and O–H groups in total. The average Bonchev–Trinajstić information content (AvgIpc) is 2.42. The van der Waals surface area contributed by atoms with E-state index >= 15 is 0 Å². The van der Waals surface area contributed by atoms with Gasteiger partial charge in [0, 0.05) is 16.8 Å². The Labute approximate surface area is 107 Å². The molecule has 0 heterocycles. The molecule has 92 valence electrons. The molecule has 0 bridgehead atoms. The minimum atomic E-state index is -1.20. The van der Waals surface area contributed by atoms with E-state index in [4.69, 9.17) is 0 Å². The predicted octanol–water partition coefficient (Wildman–Crippen LogP) is 0.803. The minimum Gasteiger partial charge on any atom is -0.293 e. The Morgan fingerprint density at radius 1 is 1.11 bits per heavy atom. The van der Waals surface area contributed by atoms with Gasteiger partial charge in [-0.3, -0.25) is 14.4 Å². The fourth-order valence-electron chi connectivity index (χ4n) is 1.94. The molecule has 0 aliphatic heterocycles. The van der Waals surface area contributed by atoms with Gasteiger partial charge in [-0.1, -0.05) is 30.3 Å². The molecule has 1 aliphatic rings. The lowest BCUT2D eigenvalue weighted by molar-refractivity contribution is -0.137. The van der Waals surface area contributed by atoms with Crippen LogP contribution in [0.4, 0.5) is 0 Å². The minimum absolute atomic E-state index is 0.0297. The largest absolute Gasteiger partial charge is 0.293 e. The van der Waals surface area contributed by atoms with Crippen molar-refractivity contribution in [2.24, 2.45) is 5.92 Å². The maximum atomic E-state index is 12.2. The number of rotatable bonds is 2. The molecule has 0 radical (unpaired) electrons. The molecular weight excluding hydrogens is 252 g/mol. The summed E-state index contributed by atoms with van der Waals surface area (Å²) in [6, 6.07) is 8.24.